The molecule has 0 amide bonds. The summed E-state index contributed by atoms with van der Waals surface area (Å²) in [6.07, 6.45) is -3.09. The van der Waals surface area contributed by atoms with Crippen LogP contribution in [-0.2, 0) is 6.18 Å². The number of benzene rings is 3. The van der Waals surface area contributed by atoms with E-state index in [9.17, 15) is 22.8 Å². The van der Waals surface area contributed by atoms with Gasteiger partial charge in [0.15, 0.2) is 17.1 Å². The molecule has 0 N–H and O–H groups in total. The molecular formula is C26H12F3NO4. The highest BCUT2D eigenvalue weighted by molar-refractivity contribution is 6.42. The molecule has 5 aromatic rings. The molecule has 5 nitrogen and oxygen atoms in total. The highest BCUT2D eigenvalue weighted by Crippen LogP contribution is 2.34. The SMILES string of the molecule is O=C1C(=Cc2cc3oc(-c4ccc(C(F)(F)F)cc4)nc3o2)C(=O)c2cc3ccccc3cc21. The Morgan fingerprint density at radius 2 is 1.41 bits per heavy atom. The zero-order valence-corrected chi connectivity index (χ0v) is 17.1. The van der Waals surface area contributed by atoms with E-state index in [0.29, 0.717) is 16.7 Å². The molecule has 6 rings (SSSR count). The molecule has 2 aromatic heterocycles. The van der Waals surface area contributed by atoms with Crippen LogP contribution in [0.5, 0.6) is 0 Å². The number of carbonyl (C=O) groups is 2. The normalized spacial score (nSPS) is 13.8. The van der Waals surface area contributed by atoms with Crippen molar-refractivity contribution in [3.05, 3.63) is 94.8 Å². The van der Waals surface area contributed by atoms with Crippen molar-refractivity contribution in [2.75, 3.05) is 0 Å². The molecule has 0 saturated heterocycles. The smallest absolute Gasteiger partial charge is 0.416 e. The minimum absolute atomic E-state index is 0.0235. The van der Waals surface area contributed by atoms with E-state index in [0.717, 1.165) is 22.9 Å². The summed E-state index contributed by atoms with van der Waals surface area (Å²) in [5.41, 5.74) is 0.569. The number of carbonyl (C=O) groups excluding carboxylic acids is 2. The molecule has 0 atom stereocenters. The number of oxazole rings is 1. The van der Waals surface area contributed by atoms with E-state index in [1.54, 1.807) is 12.1 Å². The molecule has 0 fully saturated rings. The fourth-order valence-electron chi connectivity index (χ4n) is 4.03. The van der Waals surface area contributed by atoms with E-state index >= 15 is 0 Å². The Morgan fingerprint density at radius 3 is 1.97 bits per heavy atom. The second-order valence-corrected chi connectivity index (χ2v) is 7.87. The lowest BCUT2D eigenvalue weighted by Crippen LogP contribution is -2.03. The number of allylic oxidation sites excluding steroid dienone is 1. The van der Waals surface area contributed by atoms with Gasteiger partial charge in [-0.05, 0) is 53.2 Å². The summed E-state index contributed by atoms with van der Waals surface area (Å²) in [4.78, 5) is 30.0. The van der Waals surface area contributed by atoms with Crippen molar-refractivity contribution >= 4 is 39.7 Å². The summed E-state index contributed by atoms with van der Waals surface area (Å²) in [5.74, 6) is -0.488. The summed E-state index contributed by atoms with van der Waals surface area (Å²) in [5, 5.41) is 1.72. The third-order valence-corrected chi connectivity index (χ3v) is 5.72. The first-order chi connectivity index (χ1) is 16.3. The molecule has 0 saturated carbocycles. The number of aromatic nitrogens is 1. The number of nitrogens with zero attached hydrogens (tertiary/aromatic N) is 1. The highest BCUT2D eigenvalue weighted by atomic mass is 19.4. The Kier molecular flexibility index (Phi) is 4.16. The van der Waals surface area contributed by atoms with Crippen molar-refractivity contribution < 1.29 is 31.6 Å². The quantitative estimate of drug-likeness (QED) is 0.216. The standard InChI is InChI=1S/C26H12F3NO4/c27-26(28,29)16-7-5-13(6-8-16)24-30-25-21(34-24)12-17(33-25)11-20-22(31)18-9-14-3-1-2-4-15(14)10-19(18)23(20)32/h1-12H. The maximum atomic E-state index is 12.9. The Balaban J connectivity index is 1.32. The van der Waals surface area contributed by atoms with Crippen LogP contribution in [0.2, 0.25) is 0 Å². The number of ketones is 2. The molecule has 0 bridgehead atoms. The maximum absolute atomic E-state index is 12.9. The van der Waals surface area contributed by atoms with E-state index < -0.39 is 23.3 Å². The van der Waals surface area contributed by atoms with Crippen molar-refractivity contribution in [1.82, 2.24) is 4.98 Å². The maximum Gasteiger partial charge on any atom is 0.416 e. The summed E-state index contributed by atoms with van der Waals surface area (Å²) < 4.78 is 49.5. The van der Waals surface area contributed by atoms with Gasteiger partial charge in [0, 0.05) is 22.8 Å². The fraction of sp³-hybridized carbons (Fsp3) is 0.0385. The van der Waals surface area contributed by atoms with Crippen molar-refractivity contribution in [3.8, 4) is 11.5 Å². The first-order valence-corrected chi connectivity index (χ1v) is 10.2. The van der Waals surface area contributed by atoms with Gasteiger partial charge in [-0.25, -0.2) is 0 Å². The van der Waals surface area contributed by atoms with Gasteiger partial charge in [0.1, 0.15) is 5.76 Å². The number of Topliss-reactive ketones (excluding diaryl/α,β-unsaturated/α-hetero) is 2. The minimum atomic E-state index is -4.44. The lowest BCUT2D eigenvalue weighted by molar-refractivity contribution is -0.137. The second-order valence-electron chi connectivity index (χ2n) is 7.87. The van der Waals surface area contributed by atoms with Gasteiger partial charge in [0.05, 0.1) is 11.1 Å². The van der Waals surface area contributed by atoms with Gasteiger partial charge in [-0.15, -0.1) is 0 Å². The molecule has 2 heterocycles. The van der Waals surface area contributed by atoms with Gasteiger partial charge in [0.25, 0.3) is 5.71 Å². The number of fused-ring (bicyclic) bond motifs is 3. The summed E-state index contributed by atoms with van der Waals surface area (Å²) in [6, 6.07) is 16.7. The van der Waals surface area contributed by atoms with Crippen LogP contribution in [0.4, 0.5) is 13.2 Å². The first kappa shape index (κ1) is 20.2. The summed E-state index contributed by atoms with van der Waals surface area (Å²) >= 11 is 0. The lowest BCUT2D eigenvalue weighted by Gasteiger charge is -2.05. The summed E-state index contributed by atoms with van der Waals surface area (Å²) in [7, 11) is 0. The minimum Gasteiger partial charge on any atom is -0.436 e. The molecule has 166 valence electrons. The van der Waals surface area contributed by atoms with Crippen LogP contribution in [0.1, 0.15) is 32.0 Å². The number of hydrogen-bond acceptors (Lipinski definition) is 5. The Labute approximate surface area is 189 Å². The van der Waals surface area contributed by atoms with Gasteiger partial charge in [-0.1, -0.05) is 24.3 Å². The number of halogens is 3. The lowest BCUT2D eigenvalue weighted by atomic mass is 10.0. The third-order valence-electron chi connectivity index (χ3n) is 5.72. The van der Waals surface area contributed by atoms with Crippen LogP contribution >= 0.6 is 0 Å². The molecule has 1 aliphatic carbocycles. The predicted molar refractivity (Wildman–Crippen MR) is 117 cm³/mol. The Bertz CT molecular complexity index is 1580. The summed E-state index contributed by atoms with van der Waals surface area (Å²) in [6.45, 7) is 0. The van der Waals surface area contributed by atoms with E-state index in [1.807, 2.05) is 24.3 Å². The van der Waals surface area contributed by atoms with Crippen LogP contribution in [0, 0.1) is 0 Å². The van der Waals surface area contributed by atoms with Crippen LogP contribution in [0.25, 0.3) is 39.6 Å². The van der Waals surface area contributed by atoms with Crippen LogP contribution < -0.4 is 0 Å². The molecule has 34 heavy (non-hydrogen) atoms. The van der Waals surface area contributed by atoms with E-state index in [1.165, 1.54) is 24.3 Å². The van der Waals surface area contributed by atoms with Gasteiger partial charge < -0.3 is 8.83 Å². The van der Waals surface area contributed by atoms with Crippen LogP contribution in [-0.4, -0.2) is 16.6 Å². The molecule has 0 unspecified atom stereocenters. The van der Waals surface area contributed by atoms with Crippen molar-refractivity contribution in [1.29, 1.82) is 0 Å². The van der Waals surface area contributed by atoms with Gasteiger partial charge in [0.2, 0.25) is 5.89 Å². The number of rotatable bonds is 2. The molecule has 0 spiro atoms. The molecule has 0 radical (unpaired) electrons. The van der Waals surface area contributed by atoms with Crippen molar-refractivity contribution in [2.45, 2.75) is 6.18 Å². The average molecular weight is 459 g/mol. The van der Waals surface area contributed by atoms with Crippen LogP contribution in [0.3, 0.4) is 0 Å². The molecule has 8 heteroatoms. The molecular weight excluding hydrogens is 447 g/mol. The monoisotopic (exact) mass is 459 g/mol. The van der Waals surface area contributed by atoms with Crippen molar-refractivity contribution in [2.24, 2.45) is 0 Å². The highest BCUT2D eigenvalue weighted by Gasteiger charge is 2.34. The number of furan rings is 1. The van der Waals surface area contributed by atoms with Gasteiger partial charge in [-0.3, -0.25) is 9.59 Å². The second kappa shape index (κ2) is 7.02. The Hall–Kier alpha value is -4.46. The predicted octanol–water partition coefficient (Wildman–Crippen LogP) is 6.72. The third kappa shape index (κ3) is 3.14. The van der Waals surface area contributed by atoms with E-state index in [2.05, 4.69) is 4.98 Å². The van der Waals surface area contributed by atoms with Crippen LogP contribution in [0.15, 0.2) is 81.1 Å². The number of hydrogen-bond donors (Lipinski definition) is 0. The topological polar surface area (TPSA) is 73.3 Å². The number of alkyl halides is 3. The van der Waals surface area contributed by atoms with E-state index in [-0.39, 0.29) is 28.5 Å². The van der Waals surface area contributed by atoms with Gasteiger partial charge in [-0.2, -0.15) is 18.2 Å². The Morgan fingerprint density at radius 1 is 0.794 bits per heavy atom. The fourth-order valence-corrected chi connectivity index (χ4v) is 4.03. The average Bonchev–Trinajstić information content (AvgIpc) is 3.45. The zero-order valence-electron chi connectivity index (χ0n) is 17.1. The largest absolute Gasteiger partial charge is 0.436 e. The van der Waals surface area contributed by atoms with Gasteiger partial charge >= 0.3 is 6.18 Å². The zero-order chi connectivity index (χ0) is 23.6. The first-order valence-electron chi connectivity index (χ1n) is 10.2. The molecule has 1 aliphatic rings. The molecule has 3 aromatic carbocycles. The van der Waals surface area contributed by atoms with E-state index in [4.69, 9.17) is 8.83 Å². The molecule has 0 aliphatic heterocycles. The van der Waals surface area contributed by atoms with Crippen molar-refractivity contribution in [3.63, 3.8) is 0 Å².